The molecule has 0 aromatic heterocycles. The number of carboxylic acids is 2. The van der Waals surface area contributed by atoms with Crippen LogP contribution in [0.3, 0.4) is 0 Å². The number of hydrogen-bond donors (Lipinski definition) is 6. The Hall–Kier alpha value is -1.22. The second-order valence-corrected chi connectivity index (χ2v) is 7.86. The van der Waals surface area contributed by atoms with Crippen LogP contribution in [0, 0.1) is 0 Å². The molecule has 8 nitrogen and oxygen atoms in total. The highest BCUT2D eigenvalue weighted by atomic mass is 16.5. The number of rotatable bonds is 19. The van der Waals surface area contributed by atoms with Crippen LogP contribution in [0.25, 0.3) is 0 Å². The first kappa shape index (κ1) is 31.0. The first-order valence-electron chi connectivity index (χ1n) is 11.4. The van der Waals surface area contributed by atoms with Gasteiger partial charge < -0.3 is 30.6 Å². The van der Waals surface area contributed by atoms with Crippen LogP contribution in [0.4, 0.5) is 0 Å². The quantitative estimate of drug-likeness (QED) is 0.133. The first-order chi connectivity index (χ1) is 14.2. The maximum atomic E-state index is 10.3. The fourth-order valence-electron chi connectivity index (χ4n) is 2.92. The van der Waals surface area contributed by atoms with Gasteiger partial charge in [0.15, 0.2) is 0 Å². The van der Waals surface area contributed by atoms with Gasteiger partial charge in [0.25, 0.3) is 5.79 Å². The third-order valence-corrected chi connectivity index (χ3v) is 4.84. The molecule has 0 fully saturated rings. The Labute approximate surface area is 180 Å². The van der Waals surface area contributed by atoms with Gasteiger partial charge in [0.1, 0.15) is 0 Å². The van der Waals surface area contributed by atoms with Crippen LogP contribution in [-0.4, -0.2) is 61.1 Å². The Bertz CT molecular complexity index is 412. The van der Waals surface area contributed by atoms with E-state index in [-0.39, 0.29) is 25.6 Å². The number of carbonyl (C=O) groups is 2. The van der Waals surface area contributed by atoms with E-state index in [0.717, 1.165) is 64.2 Å². The summed E-state index contributed by atoms with van der Waals surface area (Å²) in [7, 11) is 0. The molecule has 0 aliphatic carbocycles. The number of aliphatic hydroxyl groups excluding tert-OH is 2. The summed E-state index contributed by atoms with van der Waals surface area (Å²) in [4.78, 5) is 20.5. The van der Waals surface area contributed by atoms with Crippen molar-refractivity contribution in [1.82, 2.24) is 0 Å². The topological polar surface area (TPSA) is 156 Å². The van der Waals surface area contributed by atoms with Crippen LogP contribution in [0.15, 0.2) is 0 Å². The van der Waals surface area contributed by atoms with E-state index in [4.69, 9.17) is 25.5 Å². The zero-order valence-corrected chi connectivity index (χ0v) is 18.6. The largest absolute Gasteiger partial charge is 0.481 e. The van der Waals surface area contributed by atoms with Gasteiger partial charge in [0.05, 0.1) is 6.10 Å². The van der Waals surface area contributed by atoms with Crippen molar-refractivity contribution >= 4 is 11.9 Å². The second kappa shape index (κ2) is 21.0. The maximum Gasteiger partial charge on any atom is 0.364 e. The van der Waals surface area contributed by atoms with Crippen molar-refractivity contribution in [2.75, 3.05) is 6.61 Å². The van der Waals surface area contributed by atoms with Gasteiger partial charge in [-0.05, 0) is 32.1 Å². The molecule has 0 rings (SSSR count). The van der Waals surface area contributed by atoms with Crippen LogP contribution >= 0.6 is 0 Å². The monoisotopic (exact) mass is 436 g/mol. The molecular weight excluding hydrogens is 392 g/mol. The number of hydrogen-bond acceptors (Lipinski definition) is 6. The van der Waals surface area contributed by atoms with Crippen molar-refractivity contribution in [2.24, 2.45) is 0 Å². The molecule has 0 bridgehead atoms. The SMILES string of the molecule is CCCCCCC(O)(O)C(=O)O.O=C(O)CCCCCCCCCC(O)CCCO. The summed E-state index contributed by atoms with van der Waals surface area (Å²) in [6, 6.07) is 0. The van der Waals surface area contributed by atoms with Gasteiger partial charge in [-0.25, -0.2) is 4.79 Å². The normalized spacial score (nSPS) is 12.2. The molecule has 0 aromatic rings. The summed E-state index contributed by atoms with van der Waals surface area (Å²) in [6.45, 7) is 2.19. The van der Waals surface area contributed by atoms with Crippen LogP contribution in [0.5, 0.6) is 0 Å². The molecule has 0 saturated carbocycles. The van der Waals surface area contributed by atoms with Gasteiger partial charge in [-0.1, -0.05) is 64.7 Å². The van der Waals surface area contributed by atoms with Crippen LogP contribution in [0.2, 0.25) is 0 Å². The van der Waals surface area contributed by atoms with Crippen molar-refractivity contribution in [3.05, 3.63) is 0 Å². The van der Waals surface area contributed by atoms with Crippen LogP contribution in [-0.2, 0) is 9.59 Å². The molecule has 1 unspecified atom stereocenters. The molecule has 180 valence electrons. The van der Waals surface area contributed by atoms with Gasteiger partial charge in [0.2, 0.25) is 0 Å². The Morgan fingerprint density at radius 2 is 1.27 bits per heavy atom. The zero-order chi connectivity index (χ0) is 23.3. The summed E-state index contributed by atoms with van der Waals surface area (Å²) in [6.07, 6.45) is 13.0. The Kier molecular flexibility index (Phi) is 21.7. The molecular formula is C22H44O8. The average Bonchev–Trinajstić information content (AvgIpc) is 2.68. The average molecular weight is 437 g/mol. The lowest BCUT2D eigenvalue weighted by atomic mass is 10.0. The van der Waals surface area contributed by atoms with E-state index in [9.17, 15) is 14.7 Å². The number of aliphatic hydroxyl groups is 4. The van der Waals surface area contributed by atoms with Crippen LogP contribution in [0.1, 0.15) is 110 Å². The van der Waals surface area contributed by atoms with E-state index in [2.05, 4.69) is 0 Å². The summed E-state index contributed by atoms with van der Waals surface area (Å²) in [5.74, 6) is -4.81. The summed E-state index contributed by atoms with van der Waals surface area (Å²) in [5, 5.41) is 52.6. The predicted octanol–water partition coefficient (Wildman–Crippen LogP) is 3.44. The molecule has 0 spiro atoms. The smallest absolute Gasteiger partial charge is 0.364 e. The first-order valence-corrected chi connectivity index (χ1v) is 11.4. The highest BCUT2D eigenvalue weighted by Crippen LogP contribution is 2.13. The maximum absolute atomic E-state index is 10.3. The molecule has 0 heterocycles. The van der Waals surface area contributed by atoms with Gasteiger partial charge in [-0.15, -0.1) is 0 Å². The second-order valence-electron chi connectivity index (χ2n) is 7.86. The molecule has 0 saturated heterocycles. The third-order valence-electron chi connectivity index (χ3n) is 4.84. The summed E-state index contributed by atoms with van der Waals surface area (Å²) >= 11 is 0. The number of aliphatic carboxylic acids is 2. The molecule has 30 heavy (non-hydrogen) atoms. The molecule has 0 aliphatic rings. The standard InChI is InChI=1S/C14H28O4.C8H16O4/c15-12-8-10-13(16)9-6-4-2-1-3-5-7-11-14(17)18;1-2-3-4-5-6-8(11,12)7(9)10/h13,15-16H,1-12H2,(H,17,18);11-12H,2-6H2,1H3,(H,9,10). The van der Waals surface area contributed by atoms with E-state index >= 15 is 0 Å². The van der Waals surface area contributed by atoms with E-state index < -0.39 is 17.7 Å². The minimum absolute atomic E-state index is 0.0949. The van der Waals surface area contributed by atoms with Crippen molar-refractivity contribution in [3.63, 3.8) is 0 Å². The van der Waals surface area contributed by atoms with Crippen LogP contribution < -0.4 is 0 Å². The van der Waals surface area contributed by atoms with Gasteiger partial charge in [-0.3, -0.25) is 4.79 Å². The minimum atomic E-state index is -2.53. The van der Waals surface area contributed by atoms with Gasteiger partial charge in [0, 0.05) is 19.4 Å². The molecule has 8 heteroatoms. The molecule has 0 aliphatic heterocycles. The molecule has 0 radical (unpaired) electrons. The molecule has 1 atom stereocenters. The van der Waals surface area contributed by atoms with Crippen molar-refractivity contribution in [2.45, 2.75) is 122 Å². The van der Waals surface area contributed by atoms with Crippen molar-refractivity contribution < 1.29 is 40.2 Å². The van der Waals surface area contributed by atoms with Crippen molar-refractivity contribution in [3.8, 4) is 0 Å². The summed E-state index contributed by atoms with van der Waals surface area (Å²) in [5.41, 5.74) is 0. The van der Waals surface area contributed by atoms with E-state index in [1.54, 1.807) is 0 Å². The van der Waals surface area contributed by atoms with E-state index in [1.807, 2.05) is 6.92 Å². The fourth-order valence-corrected chi connectivity index (χ4v) is 2.92. The summed E-state index contributed by atoms with van der Waals surface area (Å²) < 4.78 is 0. The molecule has 0 amide bonds. The Morgan fingerprint density at radius 3 is 1.77 bits per heavy atom. The van der Waals surface area contributed by atoms with Gasteiger partial charge >= 0.3 is 11.9 Å². The fraction of sp³-hybridized carbons (Fsp3) is 0.909. The number of carboxylic acid groups (broad SMARTS) is 2. The number of unbranched alkanes of at least 4 members (excludes halogenated alkanes) is 9. The van der Waals surface area contributed by atoms with Gasteiger partial charge in [-0.2, -0.15) is 0 Å². The minimum Gasteiger partial charge on any atom is -0.481 e. The lowest BCUT2D eigenvalue weighted by molar-refractivity contribution is -0.205. The Balaban J connectivity index is 0. The Morgan fingerprint density at radius 1 is 0.767 bits per heavy atom. The molecule has 0 aromatic carbocycles. The van der Waals surface area contributed by atoms with Crippen molar-refractivity contribution in [1.29, 1.82) is 0 Å². The third kappa shape index (κ3) is 23.1. The predicted molar refractivity (Wildman–Crippen MR) is 115 cm³/mol. The lowest BCUT2D eigenvalue weighted by Gasteiger charge is -2.15. The highest BCUT2D eigenvalue weighted by molar-refractivity contribution is 5.74. The lowest BCUT2D eigenvalue weighted by Crippen LogP contribution is -2.37. The van der Waals surface area contributed by atoms with E-state index in [0.29, 0.717) is 19.3 Å². The zero-order valence-electron chi connectivity index (χ0n) is 18.6. The highest BCUT2D eigenvalue weighted by Gasteiger charge is 2.31. The van der Waals surface area contributed by atoms with E-state index in [1.165, 1.54) is 6.42 Å². The molecule has 6 N–H and O–H groups in total.